The highest BCUT2D eigenvalue weighted by Gasteiger charge is 2.35. The number of hydrogen-bond acceptors (Lipinski definition) is 6. The molecule has 0 radical (unpaired) electrons. The fourth-order valence-electron chi connectivity index (χ4n) is 9.14. The largest absolute Gasteiger partial charge is 0.208 e. The van der Waals surface area contributed by atoms with Crippen LogP contribution in [0.4, 0.5) is 0 Å². The summed E-state index contributed by atoms with van der Waals surface area (Å²) in [6.07, 6.45) is 0. The van der Waals surface area contributed by atoms with E-state index in [1.165, 1.54) is 22.3 Å². The lowest BCUT2D eigenvalue weighted by atomic mass is 9.82. The maximum absolute atomic E-state index is 5.07. The number of benzene rings is 8. The van der Waals surface area contributed by atoms with Gasteiger partial charge in [-0.25, -0.2) is 29.9 Å². The Labute approximate surface area is 379 Å². The highest BCUT2D eigenvalue weighted by molar-refractivity contribution is 5.88. The lowest BCUT2D eigenvalue weighted by molar-refractivity contribution is 0.660. The molecule has 0 saturated carbocycles. The van der Waals surface area contributed by atoms with Crippen molar-refractivity contribution in [3.63, 3.8) is 0 Å². The first-order valence-electron chi connectivity index (χ1n) is 22.0. The summed E-state index contributed by atoms with van der Waals surface area (Å²) in [6, 6.07) is 67.7. The molecule has 1 aliphatic rings. The zero-order valence-corrected chi connectivity index (χ0v) is 36.7. The van der Waals surface area contributed by atoms with Gasteiger partial charge in [-0.1, -0.05) is 184 Å². The highest BCUT2D eigenvalue weighted by atomic mass is 15.0. The molecule has 1 aliphatic carbocycles. The number of aryl methyl sites for hydroxylation is 2. The third-order valence-electron chi connectivity index (χ3n) is 12.7. The first-order chi connectivity index (χ1) is 31.8. The smallest absolute Gasteiger partial charge is 0.164 e. The predicted molar refractivity (Wildman–Crippen MR) is 264 cm³/mol. The monoisotopic (exact) mass is 836 g/mol. The maximum atomic E-state index is 5.07. The van der Waals surface area contributed by atoms with Crippen LogP contribution in [0.2, 0.25) is 0 Å². The summed E-state index contributed by atoms with van der Waals surface area (Å²) in [4.78, 5) is 30.2. The molecule has 0 unspecified atom stereocenters. The van der Waals surface area contributed by atoms with Gasteiger partial charge >= 0.3 is 0 Å². The summed E-state index contributed by atoms with van der Waals surface area (Å²) in [5.41, 5.74) is 17.4. The second-order valence-corrected chi connectivity index (χ2v) is 17.3. The van der Waals surface area contributed by atoms with E-state index >= 15 is 0 Å². The Morgan fingerprint density at radius 1 is 0.262 bits per heavy atom. The summed E-state index contributed by atoms with van der Waals surface area (Å²) in [5, 5.41) is 0. The van der Waals surface area contributed by atoms with Crippen LogP contribution in [0, 0.1) is 13.8 Å². The van der Waals surface area contributed by atoms with Crippen molar-refractivity contribution < 1.29 is 0 Å². The molecule has 0 fully saturated rings. The van der Waals surface area contributed by atoms with Gasteiger partial charge in [-0.2, -0.15) is 0 Å². The number of aromatic nitrogens is 6. The van der Waals surface area contributed by atoms with Crippen LogP contribution in [0.15, 0.2) is 194 Å². The third-order valence-corrected chi connectivity index (χ3v) is 12.7. The lowest BCUT2D eigenvalue weighted by Crippen LogP contribution is -2.14. The van der Waals surface area contributed by atoms with Crippen molar-refractivity contribution in [1.29, 1.82) is 0 Å². The van der Waals surface area contributed by atoms with E-state index in [1.54, 1.807) is 0 Å². The predicted octanol–water partition coefficient (Wildman–Crippen LogP) is 14.3. The molecule has 0 N–H and O–H groups in total. The van der Waals surface area contributed by atoms with Gasteiger partial charge in [0, 0.05) is 38.8 Å². The minimum absolute atomic E-state index is 0.166. The van der Waals surface area contributed by atoms with E-state index in [0.29, 0.717) is 34.9 Å². The van der Waals surface area contributed by atoms with Crippen LogP contribution in [0.1, 0.15) is 36.1 Å². The first-order valence-corrected chi connectivity index (χ1v) is 22.0. The Balaban J connectivity index is 0.970. The van der Waals surface area contributed by atoms with Crippen LogP contribution in [0.3, 0.4) is 0 Å². The molecule has 8 aromatic carbocycles. The standard InChI is InChI=1S/C59H44N6/c1-37-17-11-13-27-47(37)57-62-53(39-19-7-5-8-20-39)60-55(64-57)45-25-15-23-41(33-45)43-29-31-51-49(35-43)50-36-44(30-32-52(50)59(51,3)4)42-24-16-26-46(34-42)56-61-54(40-21-9-6-10-22-40)63-58(65-56)48-28-14-12-18-38(48)2/h5-36H,1-4H3. The van der Waals surface area contributed by atoms with Crippen LogP contribution in [0.25, 0.3) is 102 Å². The van der Waals surface area contributed by atoms with E-state index < -0.39 is 0 Å². The quantitative estimate of drug-likeness (QED) is 0.152. The Morgan fingerprint density at radius 2 is 0.585 bits per heavy atom. The number of fused-ring (bicyclic) bond motifs is 3. The number of rotatable bonds is 8. The summed E-state index contributed by atoms with van der Waals surface area (Å²) in [6.45, 7) is 8.84. The second-order valence-electron chi connectivity index (χ2n) is 17.3. The average Bonchev–Trinajstić information content (AvgIpc) is 3.59. The average molecular weight is 837 g/mol. The van der Waals surface area contributed by atoms with Gasteiger partial charge in [0.25, 0.3) is 0 Å². The molecule has 6 nitrogen and oxygen atoms in total. The zero-order chi connectivity index (χ0) is 44.1. The fourth-order valence-corrected chi connectivity index (χ4v) is 9.14. The van der Waals surface area contributed by atoms with E-state index in [2.05, 4.69) is 137 Å². The molecule has 0 atom stereocenters. The van der Waals surface area contributed by atoms with E-state index in [-0.39, 0.29) is 5.41 Å². The molecule has 0 spiro atoms. The van der Waals surface area contributed by atoms with Gasteiger partial charge in [0.2, 0.25) is 0 Å². The molecule has 0 amide bonds. The zero-order valence-electron chi connectivity index (χ0n) is 36.7. The SMILES string of the molecule is Cc1ccccc1-c1nc(-c2ccccc2)nc(-c2cccc(-c3ccc4c(c3)-c3cc(-c5cccc(-c6nc(-c7ccccc7)nc(-c7ccccc7C)n6)c5)ccc3C4(C)C)c2)n1. The summed E-state index contributed by atoms with van der Waals surface area (Å²) in [7, 11) is 0. The molecule has 2 aromatic heterocycles. The minimum atomic E-state index is -0.166. The van der Waals surface area contributed by atoms with Crippen LogP contribution >= 0.6 is 0 Å². The van der Waals surface area contributed by atoms with Crippen LogP contribution in [-0.2, 0) is 5.41 Å². The highest BCUT2D eigenvalue weighted by Crippen LogP contribution is 2.51. The van der Waals surface area contributed by atoms with Gasteiger partial charge in [0.1, 0.15) is 0 Å². The summed E-state index contributed by atoms with van der Waals surface area (Å²) < 4.78 is 0. The summed E-state index contributed by atoms with van der Waals surface area (Å²) in [5.74, 6) is 3.89. The fraction of sp³-hybridized carbons (Fsp3) is 0.0847. The van der Waals surface area contributed by atoms with E-state index in [0.717, 1.165) is 66.8 Å². The molecule has 0 saturated heterocycles. The van der Waals surface area contributed by atoms with Crippen molar-refractivity contribution in [2.75, 3.05) is 0 Å². The van der Waals surface area contributed by atoms with Gasteiger partial charge in [-0.3, -0.25) is 0 Å². The molecule has 10 aromatic rings. The van der Waals surface area contributed by atoms with Crippen molar-refractivity contribution >= 4 is 0 Å². The van der Waals surface area contributed by atoms with Crippen molar-refractivity contribution in [2.24, 2.45) is 0 Å². The van der Waals surface area contributed by atoms with E-state index in [1.807, 2.05) is 84.9 Å². The minimum Gasteiger partial charge on any atom is -0.208 e. The Kier molecular flexibility index (Phi) is 9.85. The molecule has 0 aliphatic heterocycles. The van der Waals surface area contributed by atoms with Crippen LogP contribution in [-0.4, -0.2) is 29.9 Å². The number of nitrogens with zero attached hydrogens (tertiary/aromatic N) is 6. The molecule has 65 heavy (non-hydrogen) atoms. The molecule has 6 heteroatoms. The number of hydrogen-bond donors (Lipinski definition) is 0. The van der Waals surface area contributed by atoms with Gasteiger partial charge in [-0.05, 0) is 93.7 Å². The molecule has 0 bridgehead atoms. The van der Waals surface area contributed by atoms with Gasteiger partial charge in [0.05, 0.1) is 0 Å². The van der Waals surface area contributed by atoms with Crippen LogP contribution in [0.5, 0.6) is 0 Å². The molecule has 2 heterocycles. The van der Waals surface area contributed by atoms with Crippen molar-refractivity contribution in [3.05, 3.63) is 216 Å². The normalized spacial score (nSPS) is 12.4. The van der Waals surface area contributed by atoms with Crippen molar-refractivity contribution in [3.8, 4) is 102 Å². The maximum Gasteiger partial charge on any atom is 0.164 e. The van der Waals surface area contributed by atoms with Gasteiger partial charge < -0.3 is 0 Å². The van der Waals surface area contributed by atoms with Crippen molar-refractivity contribution in [2.45, 2.75) is 33.1 Å². The topological polar surface area (TPSA) is 77.3 Å². The Bertz CT molecular complexity index is 3200. The van der Waals surface area contributed by atoms with E-state index in [9.17, 15) is 0 Å². The van der Waals surface area contributed by atoms with E-state index in [4.69, 9.17) is 29.9 Å². The molecule has 310 valence electrons. The molecular formula is C59H44N6. The Morgan fingerprint density at radius 3 is 1.00 bits per heavy atom. The molecule has 11 rings (SSSR count). The first kappa shape index (κ1) is 39.6. The van der Waals surface area contributed by atoms with Gasteiger partial charge in [-0.15, -0.1) is 0 Å². The van der Waals surface area contributed by atoms with Crippen molar-refractivity contribution in [1.82, 2.24) is 29.9 Å². The third kappa shape index (κ3) is 7.39. The second kappa shape index (κ2) is 16.2. The Hall–Kier alpha value is -8.22. The molecular weight excluding hydrogens is 793 g/mol. The lowest BCUT2D eigenvalue weighted by Gasteiger charge is -2.21. The summed E-state index contributed by atoms with van der Waals surface area (Å²) >= 11 is 0. The van der Waals surface area contributed by atoms with Gasteiger partial charge in [0.15, 0.2) is 34.9 Å². The van der Waals surface area contributed by atoms with Crippen LogP contribution < -0.4 is 0 Å².